The number of amides is 1. The van der Waals surface area contributed by atoms with E-state index in [9.17, 15) is 4.79 Å². The second kappa shape index (κ2) is 7.01. The van der Waals surface area contributed by atoms with Crippen LogP contribution in [0.4, 0.5) is 5.69 Å². The van der Waals surface area contributed by atoms with E-state index in [1.807, 2.05) is 19.9 Å². The minimum Gasteiger partial charge on any atom is -0.493 e. The molecule has 1 amide bonds. The normalized spacial score (nSPS) is 24.6. The molecule has 0 bridgehead atoms. The molecule has 1 aliphatic carbocycles. The third kappa shape index (κ3) is 3.71. The van der Waals surface area contributed by atoms with Gasteiger partial charge in [0.1, 0.15) is 0 Å². The van der Waals surface area contributed by atoms with Crippen molar-refractivity contribution in [2.75, 3.05) is 19.0 Å². The van der Waals surface area contributed by atoms with Crippen LogP contribution in [0.5, 0.6) is 11.5 Å². The van der Waals surface area contributed by atoms with E-state index in [1.165, 1.54) is 0 Å². The summed E-state index contributed by atoms with van der Waals surface area (Å²) in [5.74, 6) is 1.11. The topological polar surface area (TPSA) is 73.6 Å². The van der Waals surface area contributed by atoms with Gasteiger partial charge in [-0.3, -0.25) is 4.79 Å². The van der Waals surface area contributed by atoms with Gasteiger partial charge in [-0.1, -0.05) is 12.8 Å². The molecular formula is C17H26N2O3. The van der Waals surface area contributed by atoms with E-state index >= 15 is 0 Å². The van der Waals surface area contributed by atoms with Gasteiger partial charge in [0.05, 0.1) is 19.6 Å². The van der Waals surface area contributed by atoms with Crippen LogP contribution in [-0.2, 0) is 4.79 Å². The Hall–Kier alpha value is -1.75. The van der Waals surface area contributed by atoms with Crippen LogP contribution in [0.25, 0.3) is 0 Å². The van der Waals surface area contributed by atoms with Gasteiger partial charge in [-0.25, -0.2) is 0 Å². The van der Waals surface area contributed by atoms with E-state index in [4.69, 9.17) is 15.2 Å². The zero-order chi connectivity index (χ0) is 16.2. The number of hydrogen-bond acceptors (Lipinski definition) is 4. The summed E-state index contributed by atoms with van der Waals surface area (Å²) in [5, 5.41) is 2.96. The minimum absolute atomic E-state index is 0.0164. The summed E-state index contributed by atoms with van der Waals surface area (Å²) >= 11 is 0. The van der Waals surface area contributed by atoms with Crippen LogP contribution in [0.3, 0.4) is 0 Å². The average Bonchev–Trinajstić information content (AvgIpc) is 2.47. The Balaban J connectivity index is 2.12. The fourth-order valence-corrected chi connectivity index (χ4v) is 3.04. The molecular weight excluding hydrogens is 280 g/mol. The van der Waals surface area contributed by atoms with Crippen molar-refractivity contribution in [1.82, 2.24) is 0 Å². The number of ether oxygens (including phenoxy) is 2. The van der Waals surface area contributed by atoms with E-state index in [2.05, 4.69) is 5.32 Å². The van der Waals surface area contributed by atoms with Crippen molar-refractivity contribution in [1.29, 1.82) is 0 Å². The van der Waals surface area contributed by atoms with Crippen LogP contribution in [0.2, 0.25) is 0 Å². The zero-order valence-corrected chi connectivity index (χ0v) is 13.6. The summed E-state index contributed by atoms with van der Waals surface area (Å²) in [6.07, 6.45) is 3.87. The van der Waals surface area contributed by atoms with E-state index in [0.717, 1.165) is 25.7 Å². The van der Waals surface area contributed by atoms with Crippen LogP contribution >= 0.6 is 0 Å². The molecule has 2 atom stereocenters. The molecule has 2 unspecified atom stereocenters. The van der Waals surface area contributed by atoms with Crippen molar-refractivity contribution >= 4 is 11.6 Å². The maximum atomic E-state index is 12.5. The molecule has 0 heterocycles. The highest BCUT2D eigenvalue weighted by atomic mass is 16.5. The molecule has 1 fully saturated rings. The number of anilines is 1. The Labute approximate surface area is 132 Å². The average molecular weight is 306 g/mol. The first-order chi connectivity index (χ1) is 10.5. The molecule has 2 rings (SSSR count). The Kier molecular flexibility index (Phi) is 5.29. The van der Waals surface area contributed by atoms with Crippen LogP contribution < -0.4 is 20.5 Å². The Morgan fingerprint density at radius 1 is 1.41 bits per heavy atom. The lowest BCUT2D eigenvalue weighted by molar-refractivity contribution is -0.122. The lowest BCUT2D eigenvalue weighted by Gasteiger charge is -2.37. The number of nitrogens with one attached hydrogen (secondary N) is 1. The maximum absolute atomic E-state index is 12.5. The fourth-order valence-electron chi connectivity index (χ4n) is 3.04. The van der Waals surface area contributed by atoms with Crippen LogP contribution in [0.15, 0.2) is 18.2 Å². The summed E-state index contributed by atoms with van der Waals surface area (Å²) in [4.78, 5) is 12.5. The molecule has 5 heteroatoms. The molecule has 1 saturated carbocycles. The van der Waals surface area contributed by atoms with Gasteiger partial charge in [0.2, 0.25) is 5.91 Å². The summed E-state index contributed by atoms with van der Waals surface area (Å²) in [5.41, 5.74) is 6.57. The van der Waals surface area contributed by atoms with E-state index in [0.29, 0.717) is 23.8 Å². The van der Waals surface area contributed by atoms with Gasteiger partial charge >= 0.3 is 0 Å². The standard InChI is InChI=1S/C17H26N2O3/c1-4-22-15-11-12(8-9-14(15)21-3)19-16(20)13-7-5-6-10-17(13,2)18/h8-9,11,13H,4-7,10,18H2,1-3H3,(H,19,20). The number of rotatable bonds is 5. The summed E-state index contributed by atoms with van der Waals surface area (Å²) < 4.78 is 10.8. The Morgan fingerprint density at radius 2 is 2.18 bits per heavy atom. The van der Waals surface area contributed by atoms with Gasteiger partial charge < -0.3 is 20.5 Å². The molecule has 3 N–H and O–H groups in total. The molecule has 0 spiro atoms. The molecule has 0 saturated heterocycles. The van der Waals surface area contributed by atoms with Gasteiger partial charge in [-0.2, -0.15) is 0 Å². The van der Waals surface area contributed by atoms with Crippen LogP contribution in [0, 0.1) is 5.92 Å². The SMILES string of the molecule is CCOc1cc(NC(=O)C2CCCCC2(C)N)ccc1OC. The fraction of sp³-hybridized carbons (Fsp3) is 0.588. The second-order valence-electron chi connectivity index (χ2n) is 6.09. The first kappa shape index (κ1) is 16.6. The third-order valence-electron chi connectivity index (χ3n) is 4.30. The second-order valence-corrected chi connectivity index (χ2v) is 6.09. The Morgan fingerprint density at radius 3 is 2.82 bits per heavy atom. The summed E-state index contributed by atoms with van der Waals surface area (Å²) in [7, 11) is 1.60. The number of nitrogens with two attached hydrogens (primary N) is 1. The maximum Gasteiger partial charge on any atom is 0.229 e. The Bertz CT molecular complexity index is 529. The number of carbonyl (C=O) groups is 1. The predicted molar refractivity (Wildman–Crippen MR) is 87.3 cm³/mol. The van der Waals surface area contributed by atoms with Gasteiger partial charge in [0, 0.05) is 17.3 Å². The highest BCUT2D eigenvalue weighted by Crippen LogP contribution is 2.34. The van der Waals surface area contributed by atoms with Crippen molar-refractivity contribution in [3.05, 3.63) is 18.2 Å². The number of hydrogen-bond donors (Lipinski definition) is 2. The number of methoxy groups -OCH3 is 1. The quantitative estimate of drug-likeness (QED) is 0.877. The molecule has 0 radical (unpaired) electrons. The number of carbonyl (C=O) groups excluding carboxylic acids is 1. The molecule has 1 aromatic carbocycles. The molecule has 22 heavy (non-hydrogen) atoms. The van der Waals surface area contributed by atoms with E-state index in [-0.39, 0.29) is 11.8 Å². The summed E-state index contributed by atoms with van der Waals surface area (Å²) in [6, 6.07) is 5.40. The summed E-state index contributed by atoms with van der Waals surface area (Å²) in [6.45, 7) is 4.42. The third-order valence-corrected chi connectivity index (χ3v) is 4.30. The van der Waals surface area contributed by atoms with Crippen molar-refractivity contribution in [3.8, 4) is 11.5 Å². The highest BCUT2D eigenvalue weighted by Gasteiger charge is 2.37. The molecule has 0 aliphatic heterocycles. The van der Waals surface area contributed by atoms with Crippen molar-refractivity contribution < 1.29 is 14.3 Å². The first-order valence-corrected chi connectivity index (χ1v) is 7.88. The molecule has 0 aromatic heterocycles. The zero-order valence-electron chi connectivity index (χ0n) is 13.6. The number of benzene rings is 1. The van der Waals surface area contributed by atoms with Crippen molar-refractivity contribution in [2.24, 2.45) is 11.7 Å². The van der Waals surface area contributed by atoms with E-state index in [1.54, 1.807) is 19.2 Å². The van der Waals surface area contributed by atoms with Gasteiger partial charge in [0.15, 0.2) is 11.5 Å². The molecule has 5 nitrogen and oxygen atoms in total. The minimum atomic E-state index is -0.433. The van der Waals surface area contributed by atoms with Crippen LogP contribution in [-0.4, -0.2) is 25.2 Å². The molecule has 1 aromatic rings. The lowest BCUT2D eigenvalue weighted by atomic mass is 9.74. The lowest BCUT2D eigenvalue weighted by Crippen LogP contribution is -2.51. The smallest absolute Gasteiger partial charge is 0.229 e. The molecule has 1 aliphatic rings. The predicted octanol–water partition coefficient (Wildman–Crippen LogP) is 2.94. The van der Waals surface area contributed by atoms with E-state index < -0.39 is 5.54 Å². The van der Waals surface area contributed by atoms with Crippen LogP contribution in [0.1, 0.15) is 39.5 Å². The molecule has 122 valence electrons. The van der Waals surface area contributed by atoms with Gasteiger partial charge in [-0.05, 0) is 38.8 Å². The van der Waals surface area contributed by atoms with Gasteiger partial charge in [0.25, 0.3) is 0 Å². The van der Waals surface area contributed by atoms with Gasteiger partial charge in [-0.15, -0.1) is 0 Å². The largest absolute Gasteiger partial charge is 0.493 e. The monoisotopic (exact) mass is 306 g/mol. The van der Waals surface area contributed by atoms with Crippen molar-refractivity contribution in [2.45, 2.75) is 45.1 Å². The first-order valence-electron chi connectivity index (χ1n) is 7.88. The highest BCUT2D eigenvalue weighted by molar-refractivity contribution is 5.93. The van der Waals surface area contributed by atoms with Crippen molar-refractivity contribution in [3.63, 3.8) is 0 Å².